The lowest BCUT2D eigenvalue weighted by Crippen LogP contribution is -2.22. The van der Waals surface area contributed by atoms with E-state index in [-0.39, 0.29) is 16.9 Å². The maximum atomic E-state index is 13.3. The zero-order chi connectivity index (χ0) is 21.4. The van der Waals surface area contributed by atoms with Crippen LogP contribution in [0.3, 0.4) is 0 Å². The summed E-state index contributed by atoms with van der Waals surface area (Å²) in [5.41, 5.74) is 0.372. The highest BCUT2D eigenvalue weighted by Crippen LogP contribution is 2.35. The number of rotatable bonds is 5. The van der Waals surface area contributed by atoms with Gasteiger partial charge < -0.3 is 9.84 Å². The van der Waals surface area contributed by atoms with Crippen LogP contribution in [-0.2, 0) is 19.3 Å². The first-order chi connectivity index (χ1) is 14.4. The number of methoxy groups -OCH3 is 1. The first-order valence-electron chi connectivity index (χ1n) is 9.60. The van der Waals surface area contributed by atoms with E-state index in [0.29, 0.717) is 17.6 Å². The lowest BCUT2D eigenvalue weighted by Gasteiger charge is -2.10. The molecule has 0 unspecified atom stereocenters. The van der Waals surface area contributed by atoms with Gasteiger partial charge in [-0.15, -0.1) is 11.3 Å². The summed E-state index contributed by atoms with van der Waals surface area (Å²) < 4.78 is 6.29. The number of benzene rings is 1. The fraction of sp³-hybridized carbons (Fsp3) is 0.350. The van der Waals surface area contributed by atoms with Crippen molar-refractivity contribution in [1.29, 1.82) is 0 Å². The summed E-state index contributed by atoms with van der Waals surface area (Å²) in [6, 6.07) is 2.54. The molecule has 0 saturated carbocycles. The van der Waals surface area contributed by atoms with Crippen LogP contribution in [0, 0.1) is 10.1 Å². The molecule has 0 amide bonds. The number of thiophene rings is 1. The fourth-order valence-electron chi connectivity index (χ4n) is 3.68. The second-order valence-electron chi connectivity index (χ2n) is 6.98. The Morgan fingerprint density at radius 3 is 2.87 bits per heavy atom. The Balaban J connectivity index is 1.87. The minimum absolute atomic E-state index is 0.0717. The number of phenols is 1. The topological polar surface area (TPSA) is 120 Å². The smallest absolute Gasteiger partial charge is 0.315 e. The summed E-state index contributed by atoms with van der Waals surface area (Å²) in [4.78, 5) is 30.4. The van der Waals surface area contributed by atoms with Crippen molar-refractivity contribution in [1.82, 2.24) is 9.66 Å². The molecule has 9 nitrogen and oxygen atoms in total. The van der Waals surface area contributed by atoms with Gasteiger partial charge in [0.05, 0.1) is 29.7 Å². The molecule has 4 rings (SSSR count). The molecule has 0 saturated heterocycles. The number of hydrogen-bond acceptors (Lipinski definition) is 8. The van der Waals surface area contributed by atoms with E-state index in [9.17, 15) is 20.0 Å². The Hall–Kier alpha value is -3.27. The Bertz CT molecular complexity index is 1240. The number of aryl methyl sites for hydroxylation is 3. The molecule has 2 heterocycles. The number of aromatic nitrogens is 2. The summed E-state index contributed by atoms with van der Waals surface area (Å²) in [6.07, 6.45) is 5.67. The molecule has 10 heteroatoms. The van der Waals surface area contributed by atoms with Gasteiger partial charge in [0.15, 0.2) is 0 Å². The van der Waals surface area contributed by atoms with Gasteiger partial charge >= 0.3 is 5.69 Å². The van der Waals surface area contributed by atoms with Gasteiger partial charge in [-0.2, -0.15) is 9.78 Å². The zero-order valence-electron chi connectivity index (χ0n) is 16.5. The monoisotopic (exact) mass is 428 g/mol. The summed E-state index contributed by atoms with van der Waals surface area (Å²) in [6.45, 7) is 1.88. The van der Waals surface area contributed by atoms with E-state index < -0.39 is 16.4 Å². The standard InChI is InChI=1S/C20H20N4O5S/c1-3-16-22-19-17(13-6-4-5-7-15(13)30-19)20(26)23(16)21-10-11-8-12(29-2)9-14(18(11)25)24(27)28/h8-10,25H,3-7H2,1-2H3. The molecule has 0 spiro atoms. The van der Waals surface area contributed by atoms with E-state index in [1.54, 1.807) is 11.3 Å². The van der Waals surface area contributed by atoms with E-state index in [2.05, 4.69) is 10.1 Å². The van der Waals surface area contributed by atoms with Crippen LogP contribution in [0.5, 0.6) is 11.5 Å². The van der Waals surface area contributed by atoms with Crippen molar-refractivity contribution in [2.75, 3.05) is 7.11 Å². The van der Waals surface area contributed by atoms with Crippen molar-refractivity contribution in [3.63, 3.8) is 0 Å². The molecule has 0 atom stereocenters. The highest BCUT2D eigenvalue weighted by molar-refractivity contribution is 7.18. The summed E-state index contributed by atoms with van der Waals surface area (Å²) >= 11 is 1.57. The first kappa shape index (κ1) is 20.0. The van der Waals surface area contributed by atoms with Crippen LogP contribution in [0.4, 0.5) is 5.69 Å². The molecule has 0 fully saturated rings. The number of ether oxygens (including phenoxy) is 1. The highest BCUT2D eigenvalue weighted by atomic mass is 32.1. The van der Waals surface area contributed by atoms with Crippen LogP contribution < -0.4 is 10.3 Å². The molecule has 1 aliphatic rings. The van der Waals surface area contributed by atoms with E-state index >= 15 is 0 Å². The number of nitro benzene ring substituents is 1. The van der Waals surface area contributed by atoms with Crippen molar-refractivity contribution < 1.29 is 14.8 Å². The second-order valence-corrected chi connectivity index (χ2v) is 8.06. The van der Waals surface area contributed by atoms with Gasteiger partial charge in [-0.3, -0.25) is 14.9 Å². The molecule has 156 valence electrons. The molecule has 1 aromatic carbocycles. The molecule has 1 aliphatic carbocycles. The van der Waals surface area contributed by atoms with Gasteiger partial charge in [0.25, 0.3) is 5.56 Å². The Morgan fingerprint density at radius 2 is 2.17 bits per heavy atom. The van der Waals surface area contributed by atoms with Gasteiger partial charge in [0.1, 0.15) is 16.4 Å². The maximum absolute atomic E-state index is 13.3. The maximum Gasteiger partial charge on any atom is 0.315 e. The van der Waals surface area contributed by atoms with Crippen LogP contribution in [-0.4, -0.2) is 33.0 Å². The molecule has 0 radical (unpaired) electrons. The van der Waals surface area contributed by atoms with Crippen LogP contribution in [0.2, 0.25) is 0 Å². The van der Waals surface area contributed by atoms with Gasteiger partial charge in [-0.05, 0) is 37.3 Å². The average molecular weight is 428 g/mol. The number of phenolic OH excluding ortho intramolecular Hbond substituents is 1. The summed E-state index contributed by atoms with van der Waals surface area (Å²) in [5, 5.41) is 26.3. The predicted octanol–water partition coefficient (Wildman–Crippen LogP) is 3.40. The van der Waals surface area contributed by atoms with E-state index in [0.717, 1.165) is 42.1 Å². The average Bonchev–Trinajstić information content (AvgIpc) is 3.12. The second kappa shape index (κ2) is 7.86. The van der Waals surface area contributed by atoms with E-state index in [1.165, 1.54) is 28.9 Å². The predicted molar refractivity (Wildman–Crippen MR) is 114 cm³/mol. The van der Waals surface area contributed by atoms with Crippen LogP contribution in [0.25, 0.3) is 10.2 Å². The first-order valence-corrected chi connectivity index (χ1v) is 10.4. The third-order valence-corrected chi connectivity index (χ3v) is 6.37. The van der Waals surface area contributed by atoms with Crippen molar-refractivity contribution in [3.8, 4) is 11.5 Å². The number of aromatic hydroxyl groups is 1. The third-order valence-electron chi connectivity index (χ3n) is 5.19. The number of fused-ring (bicyclic) bond motifs is 3. The lowest BCUT2D eigenvalue weighted by molar-refractivity contribution is -0.385. The number of nitrogens with zero attached hydrogens (tertiary/aromatic N) is 4. The van der Waals surface area contributed by atoms with Gasteiger partial charge in [0, 0.05) is 16.9 Å². The van der Waals surface area contributed by atoms with Gasteiger partial charge in [0.2, 0.25) is 5.75 Å². The Kier molecular flexibility index (Phi) is 5.25. The minimum Gasteiger partial charge on any atom is -0.502 e. The number of nitro groups is 1. The van der Waals surface area contributed by atoms with Crippen molar-refractivity contribution >= 4 is 33.5 Å². The summed E-state index contributed by atoms with van der Waals surface area (Å²) in [7, 11) is 1.37. The molecule has 30 heavy (non-hydrogen) atoms. The van der Waals surface area contributed by atoms with Crippen LogP contribution in [0.1, 0.15) is 41.6 Å². The van der Waals surface area contributed by atoms with Crippen LogP contribution >= 0.6 is 11.3 Å². The fourth-order valence-corrected chi connectivity index (χ4v) is 4.95. The summed E-state index contributed by atoms with van der Waals surface area (Å²) in [5.74, 6) is 0.140. The minimum atomic E-state index is -0.704. The molecular formula is C20H20N4O5S. The quantitative estimate of drug-likeness (QED) is 0.378. The SMILES string of the molecule is CCc1nc2sc3c(c2c(=O)n1N=Cc1cc(OC)cc([N+](=O)[O-])c1O)CCCC3. The van der Waals surface area contributed by atoms with Gasteiger partial charge in [-0.1, -0.05) is 6.92 Å². The van der Waals surface area contributed by atoms with Crippen molar-refractivity contribution in [3.05, 3.63) is 54.4 Å². The molecule has 2 aromatic heterocycles. The Morgan fingerprint density at radius 1 is 1.40 bits per heavy atom. The van der Waals surface area contributed by atoms with Crippen molar-refractivity contribution in [2.24, 2.45) is 5.10 Å². The molecule has 1 N–H and O–H groups in total. The molecule has 0 aliphatic heterocycles. The van der Waals surface area contributed by atoms with Gasteiger partial charge in [-0.25, -0.2) is 4.98 Å². The largest absolute Gasteiger partial charge is 0.502 e. The van der Waals surface area contributed by atoms with E-state index in [1.807, 2.05) is 6.92 Å². The molecule has 3 aromatic rings. The normalized spacial score (nSPS) is 13.7. The molecule has 0 bridgehead atoms. The lowest BCUT2D eigenvalue weighted by atomic mass is 9.97. The van der Waals surface area contributed by atoms with Crippen LogP contribution in [0.15, 0.2) is 22.0 Å². The Labute approximate surface area is 175 Å². The van der Waals surface area contributed by atoms with Crippen molar-refractivity contribution in [2.45, 2.75) is 39.0 Å². The zero-order valence-corrected chi connectivity index (χ0v) is 17.4. The number of hydrogen-bond donors (Lipinski definition) is 1. The molecular weight excluding hydrogens is 408 g/mol. The van der Waals surface area contributed by atoms with E-state index in [4.69, 9.17) is 4.74 Å². The highest BCUT2D eigenvalue weighted by Gasteiger charge is 2.22. The third kappa shape index (κ3) is 3.32.